The van der Waals surface area contributed by atoms with Crippen LogP contribution in [0.25, 0.3) is 10.8 Å². The number of aryl methyl sites for hydroxylation is 1. The second kappa shape index (κ2) is 8.65. The Balaban J connectivity index is 1.65. The Morgan fingerprint density at radius 1 is 1.06 bits per heavy atom. The molecule has 6 nitrogen and oxygen atoms in total. The third kappa shape index (κ3) is 4.32. The topological polar surface area (TPSA) is 67.6 Å². The van der Waals surface area contributed by atoms with Gasteiger partial charge in [0.25, 0.3) is 11.8 Å². The van der Waals surface area contributed by atoms with Crippen molar-refractivity contribution in [3.8, 4) is 0 Å². The number of hydrogen-bond acceptors (Lipinski definition) is 4. The fraction of sp³-hybridized carbons (Fsp3) is 0.167. The van der Waals surface area contributed by atoms with E-state index >= 15 is 0 Å². The molecule has 0 aliphatic heterocycles. The van der Waals surface area contributed by atoms with Crippen LogP contribution < -0.4 is 4.80 Å². The Morgan fingerprint density at radius 3 is 2.61 bits per heavy atom. The van der Waals surface area contributed by atoms with E-state index in [1.165, 1.54) is 27.0 Å². The maximum Gasteiger partial charge on any atom is 0.281 e. The second-order valence-electron chi connectivity index (χ2n) is 7.40. The molecule has 0 aliphatic rings. The van der Waals surface area contributed by atoms with Gasteiger partial charge >= 0.3 is 0 Å². The second-order valence-corrected chi connectivity index (χ2v) is 8.27. The highest BCUT2D eigenvalue weighted by atomic mass is 32.1. The minimum atomic E-state index is -0.372. The van der Waals surface area contributed by atoms with Crippen molar-refractivity contribution in [1.29, 1.82) is 0 Å². The van der Waals surface area contributed by atoms with Crippen molar-refractivity contribution in [2.75, 3.05) is 14.1 Å². The van der Waals surface area contributed by atoms with Gasteiger partial charge in [0.1, 0.15) is 5.69 Å². The summed E-state index contributed by atoms with van der Waals surface area (Å²) in [6.07, 6.45) is 1.93. The van der Waals surface area contributed by atoms with Crippen LogP contribution in [0, 0.1) is 6.92 Å². The molecule has 2 aromatic carbocycles. The van der Waals surface area contributed by atoms with Crippen LogP contribution in [0.4, 0.5) is 0 Å². The molecule has 4 rings (SSSR count). The summed E-state index contributed by atoms with van der Waals surface area (Å²) in [5.74, 6) is -0.576. The zero-order valence-electron chi connectivity index (χ0n) is 17.6. The Kier molecular flexibility index (Phi) is 5.77. The number of thiazole rings is 1. The van der Waals surface area contributed by atoms with Crippen molar-refractivity contribution in [2.24, 2.45) is 4.99 Å². The number of nitrogens with zero attached hydrogens (tertiary/aromatic N) is 4. The van der Waals surface area contributed by atoms with E-state index in [1.807, 2.05) is 34.3 Å². The predicted molar refractivity (Wildman–Crippen MR) is 122 cm³/mol. The number of carbonyl (C=O) groups is 2. The summed E-state index contributed by atoms with van der Waals surface area (Å²) in [4.78, 5) is 35.7. The average molecular weight is 431 g/mol. The molecule has 0 fully saturated rings. The van der Waals surface area contributed by atoms with Gasteiger partial charge in [0.15, 0.2) is 4.80 Å². The first-order valence-electron chi connectivity index (χ1n) is 9.83. The van der Waals surface area contributed by atoms with Crippen LogP contribution in [0.15, 0.2) is 71.2 Å². The van der Waals surface area contributed by atoms with Gasteiger partial charge in [-0.05, 0) is 35.4 Å². The summed E-state index contributed by atoms with van der Waals surface area (Å²) in [6.45, 7) is 2.33. The van der Waals surface area contributed by atoms with Gasteiger partial charge in [-0.2, -0.15) is 4.99 Å². The van der Waals surface area contributed by atoms with Crippen molar-refractivity contribution >= 4 is 33.9 Å². The standard InChI is InChI=1S/C24H22N4O2S/c1-16-19(11-12-21(25-16)23(30)27(2)3)22(29)26-24-28(13-14-31-24)15-18-9-6-8-17-7-4-5-10-20(17)18/h4-14H,15H2,1-3H3. The molecule has 31 heavy (non-hydrogen) atoms. The average Bonchev–Trinajstić information content (AvgIpc) is 3.19. The van der Waals surface area contributed by atoms with Gasteiger partial charge < -0.3 is 9.47 Å². The Labute approximate surface area is 184 Å². The van der Waals surface area contributed by atoms with Gasteiger partial charge in [0.2, 0.25) is 0 Å². The van der Waals surface area contributed by atoms with Crippen LogP contribution in [0.2, 0.25) is 0 Å². The molecule has 156 valence electrons. The lowest BCUT2D eigenvalue weighted by Crippen LogP contribution is -2.23. The Hall–Kier alpha value is -3.58. The summed E-state index contributed by atoms with van der Waals surface area (Å²) in [5, 5.41) is 4.28. The summed E-state index contributed by atoms with van der Waals surface area (Å²) >= 11 is 1.41. The molecule has 0 aliphatic carbocycles. The first-order valence-corrected chi connectivity index (χ1v) is 10.7. The third-order valence-electron chi connectivity index (χ3n) is 5.02. The van der Waals surface area contributed by atoms with Crippen LogP contribution in [0.1, 0.15) is 32.1 Å². The van der Waals surface area contributed by atoms with Crippen molar-refractivity contribution in [3.05, 3.63) is 93.5 Å². The third-order valence-corrected chi connectivity index (χ3v) is 5.81. The normalized spacial score (nSPS) is 11.6. The fourth-order valence-corrected chi connectivity index (χ4v) is 4.13. The lowest BCUT2D eigenvalue weighted by atomic mass is 10.0. The quantitative estimate of drug-likeness (QED) is 0.493. The molecule has 0 N–H and O–H groups in total. The molecule has 0 saturated heterocycles. The maximum absolute atomic E-state index is 12.9. The van der Waals surface area contributed by atoms with Gasteiger partial charge in [-0.1, -0.05) is 42.5 Å². The summed E-state index contributed by atoms with van der Waals surface area (Å²) in [6, 6.07) is 17.6. The van der Waals surface area contributed by atoms with Crippen LogP contribution >= 0.6 is 11.3 Å². The first-order chi connectivity index (χ1) is 14.9. The molecule has 0 spiro atoms. The molecule has 0 saturated carbocycles. The highest BCUT2D eigenvalue weighted by Crippen LogP contribution is 2.19. The van der Waals surface area contributed by atoms with Crippen LogP contribution in [-0.2, 0) is 6.54 Å². The molecule has 0 radical (unpaired) electrons. The maximum atomic E-state index is 12.9. The lowest BCUT2D eigenvalue weighted by Gasteiger charge is -2.10. The summed E-state index contributed by atoms with van der Waals surface area (Å²) in [7, 11) is 3.33. The van der Waals surface area contributed by atoms with Crippen molar-refractivity contribution in [1.82, 2.24) is 14.5 Å². The molecular weight excluding hydrogens is 408 g/mol. The molecule has 2 aromatic heterocycles. The molecule has 7 heteroatoms. The molecule has 2 amide bonds. The SMILES string of the molecule is Cc1nc(C(=O)N(C)C)ccc1C(=O)N=c1sccn1Cc1cccc2ccccc12. The number of benzene rings is 2. The predicted octanol–water partition coefficient (Wildman–Crippen LogP) is 3.90. The van der Waals surface area contributed by atoms with Gasteiger partial charge in [0.05, 0.1) is 17.8 Å². The van der Waals surface area contributed by atoms with Crippen molar-refractivity contribution in [2.45, 2.75) is 13.5 Å². The van der Waals surface area contributed by atoms with Crippen LogP contribution in [-0.4, -0.2) is 40.4 Å². The minimum absolute atomic E-state index is 0.203. The Morgan fingerprint density at radius 2 is 1.84 bits per heavy atom. The van der Waals surface area contributed by atoms with Crippen molar-refractivity contribution < 1.29 is 9.59 Å². The van der Waals surface area contributed by atoms with Gasteiger partial charge in [-0.25, -0.2) is 4.98 Å². The number of carbonyl (C=O) groups excluding carboxylic acids is 2. The zero-order chi connectivity index (χ0) is 22.0. The summed E-state index contributed by atoms with van der Waals surface area (Å²) < 4.78 is 1.97. The first kappa shape index (κ1) is 20.7. The minimum Gasteiger partial charge on any atom is -0.343 e. The van der Waals surface area contributed by atoms with E-state index in [9.17, 15) is 9.59 Å². The smallest absolute Gasteiger partial charge is 0.281 e. The van der Waals surface area contributed by atoms with E-state index in [0.29, 0.717) is 28.3 Å². The number of hydrogen-bond donors (Lipinski definition) is 0. The largest absolute Gasteiger partial charge is 0.343 e. The molecule has 0 unspecified atom stereocenters. The van der Waals surface area contributed by atoms with E-state index in [1.54, 1.807) is 33.2 Å². The number of pyridine rings is 1. The number of aromatic nitrogens is 2. The number of rotatable bonds is 4. The van der Waals surface area contributed by atoms with Crippen LogP contribution in [0.3, 0.4) is 0 Å². The van der Waals surface area contributed by atoms with E-state index in [0.717, 1.165) is 5.56 Å². The Bertz CT molecular complexity index is 1350. The molecule has 4 aromatic rings. The highest BCUT2D eigenvalue weighted by molar-refractivity contribution is 7.07. The van der Waals surface area contributed by atoms with E-state index in [2.05, 4.69) is 34.2 Å². The van der Waals surface area contributed by atoms with E-state index < -0.39 is 0 Å². The lowest BCUT2D eigenvalue weighted by molar-refractivity contribution is 0.0820. The van der Waals surface area contributed by atoms with Gasteiger partial charge in [-0.3, -0.25) is 9.59 Å². The summed E-state index contributed by atoms with van der Waals surface area (Å²) in [5.41, 5.74) is 2.34. The van der Waals surface area contributed by atoms with Crippen LogP contribution in [0.5, 0.6) is 0 Å². The van der Waals surface area contributed by atoms with Crippen molar-refractivity contribution in [3.63, 3.8) is 0 Å². The van der Waals surface area contributed by atoms with E-state index in [-0.39, 0.29) is 11.8 Å². The highest BCUT2D eigenvalue weighted by Gasteiger charge is 2.15. The fourth-order valence-electron chi connectivity index (χ4n) is 3.40. The van der Waals surface area contributed by atoms with Gasteiger partial charge in [0, 0.05) is 25.7 Å². The number of fused-ring (bicyclic) bond motifs is 1. The zero-order valence-corrected chi connectivity index (χ0v) is 18.4. The molecule has 2 heterocycles. The molecular formula is C24H22N4O2S. The molecule has 0 bridgehead atoms. The van der Waals surface area contributed by atoms with E-state index in [4.69, 9.17) is 0 Å². The monoisotopic (exact) mass is 430 g/mol. The molecule has 0 atom stereocenters. The number of amides is 2. The van der Waals surface area contributed by atoms with Gasteiger partial charge in [-0.15, -0.1) is 11.3 Å².